The molecule has 1 aromatic rings. The first-order valence-electron chi connectivity index (χ1n) is 8.47. The van der Waals surface area contributed by atoms with E-state index in [0.717, 1.165) is 19.3 Å². The van der Waals surface area contributed by atoms with Gasteiger partial charge in [-0.05, 0) is 17.8 Å². The molecule has 0 heterocycles. The van der Waals surface area contributed by atoms with E-state index in [4.69, 9.17) is 0 Å². The van der Waals surface area contributed by atoms with Gasteiger partial charge in [-0.25, -0.2) is 9.18 Å². The van der Waals surface area contributed by atoms with Crippen LogP contribution in [0.4, 0.5) is 35.1 Å². The Morgan fingerprint density at radius 2 is 1.67 bits per heavy atom. The van der Waals surface area contributed by atoms with Crippen LogP contribution in [-0.2, 0) is 16.0 Å². The fraction of sp³-hybridized carbons (Fsp3) is 0.421. The van der Waals surface area contributed by atoms with Crippen LogP contribution in [0.5, 0.6) is 0 Å². The van der Waals surface area contributed by atoms with Crippen molar-refractivity contribution in [2.45, 2.75) is 24.4 Å². The Balaban J connectivity index is 3.05. The summed E-state index contributed by atoms with van der Waals surface area (Å²) in [6.45, 7) is -4.23. The van der Waals surface area contributed by atoms with E-state index in [1.54, 1.807) is 30.3 Å². The quantitative estimate of drug-likeness (QED) is 0.221. The minimum atomic E-state index is -6.48. The molecular formula is C19H19F8NO2. The van der Waals surface area contributed by atoms with Gasteiger partial charge in [0.25, 0.3) is 0 Å². The van der Waals surface area contributed by atoms with E-state index < -0.39 is 43.8 Å². The fourth-order valence-corrected chi connectivity index (χ4v) is 2.30. The number of halogens is 8. The third-order valence-electron chi connectivity index (χ3n) is 3.87. The SMILES string of the molecule is COC(=O)/C(=C/C=C/N(CCF)CC(F)(F)C(F)(F)C(F)(F)F)Cc1ccccc1. The number of ether oxygens (including phenoxy) is 1. The first-order chi connectivity index (χ1) is 13.9. The van der Waals surface area contributed by atoms with Crippen LogP contribution in [0.2, 0.25) is 0 Å². The second kappa shape index (κ2) is 10.4. The van der Waals surface area contributed by atoms with Crippen molar-refractivity contribution in [1.29, 1.82) is 0 Å². The number of nitrogens with zero attached hydrogens (tertiary/aromatic N) is 1. The van der Waals surface area contributed by atoms with Gasteiger partial charge >= 0.3 is 24.0 Å². The van der Waals surface area contributed by atoms with Crippen molar-refractivity contribution in [2.24, 2.45) is 0 Å². The van der Waals surface area contributed by atoms with Crippen LogP contribution >= 0.6 is 0 Å². The van der Waals surface area contributed by atoms with Crippen LogP contribution < -0.4 is 0 Å². The first kappa shape index (κ1) is 25.4. The Kier molecular flexibility index (Phi) is 8.86. The van der Waals surface area contributed by atoms with Gasteiger partial charge < -0.3 is 9.64 Å². The molecule has 0 aromatic heterocycles. The van der Waals surface area contributed by atoms with E-state index >= 15 is 0 Å². The van der Waals surface area contributed by atoms with Gasteiger partial charge in [0.1, 0.15) is 6.67 Å². The molecule has 1 rings (SSSR count). The van der Waals surface area contributed by atoms with Crippen molar-refractivity contribution < 1.29 is 44.7 Å². The van der Waals surface area contributed by atoms with E-state index in [9.17, 15) is 39.9 Å². The molecule has 0 aliphatic heterocycles. The molecular weight excluding hydrogens is 426 g/mol. The van der Waals surface area contributed by atoms with Crippen molar-refractivity contribution in [2.75, 3.05) is 26.9 Å². The Hall–Kier alpha value is -2.59. The Morgan fingerprint density at radius 1 is 1.07 bits per heavy atom. The minimum absolute atomic E-state index is 0.0486. The van der Waals surface area contributed by atoms with Crippen molar-refractivity contribution in [1.82, 2.24) is 4.90 Å². The smallest absolute Gasteiger partial charge is 0.459 e. The van der Waals surface area contributed by atoms with Crippen LogP contribution in [0, 0.1) is 0 Å². The van der Waals surface area contributed by atoms with Crippen molar-refractivity contribution in [3.05, 3.63) is 59.8 Å². The summed E-state index contributed by atoms with van der Waals surface area (Å²) in [5.74, 6) is -12.6. The van der Waals surface area contributed by atoms with Gasteiger partial charge in [0.2, 0.25) is 0 Å². The number of hydrogen-bond acceptors (Lipinski definition) is 3. The molecule has 168 valence electrons. The lowest BCUT2D eigenvalue weighted by Gasteiger charge is -2.32. The zero-order valence-corrected chi connectivity index (χ0v) is 15.7. The number of rotatable bonds is 10. The highest BCUT2D eigenvalue weighted by Crippen LogP contribution is 2.46. The van der Waals surface area contributed by atoms with E-state index in [2.05, 4.69) is 4.74 Å². The van der Waals surface area contributed by atoms with E-state index in [0.29, 0.717) is 11.8 Å². The van der Waals surface area contributed by atoms with Crippen molar-refractivity contribution in [3.63, 3.8) is 0 Å². The molecule has 0 amide bonds. The number of hydrogen-bond donors (Lipinski definition) is 0. The summed E-state index contributed by atoms with van der Waals surface area (Å²) in [5.41, 5.74) is 0.743. The maximum Gasteiger partial charge on any atom is 0.459 e. The summed E-state index contributed by atoms with van der Waals surface area (Å²) in [6.07, 6.45) is -3.62. The zero-order chi connectivity index (χ0) is 23.0. The Labute approximate surface area is 167 Å². The first-order valence-corrected chi connectivity index (χ1v) is 8.47. The van der Waals surface area contributed by atoms with Crippen LogP contribution in [-0.4, -0.2) is 55.8 Å². The molecule has 0 spiro atoms. The van der Waals surface area contributed by atoms with E-state index in [1.165, 1.54) is 0 Å². The number of esters is 1. The van der Waals surface area contributed by atoms with Gasteiger partial charge in [0.05, 0.1) is 13.7 Å². The Bertz CT molecular complexity index is 745. The summed E-state index contributed by atoms with van der Waals surface area (Å²) in [4.78, 5) is 12.1. The molecule has 0 saturated carbocycles. The molecule has 0 saturated heterocycles. The normalized spacial score (nSPS) is 13.6. The van der Waals surface area contributed by atoms with Gasteiger partial charge in [-0.2, -0.15) is 30.7 Å². The molecule has 0 bridgehead atoms. The standard InChI is InChI=1S/C19H19F8NO2/c1-30-16(29)15(12-14-6-3-2-4-7-14)8-5-10-28(11-9-20)13-17(21,22)18(23,24)19(25,26)27/h2-8,10H,9,11-13H2,1H3/b10-5+,15-8+. The average Bonchev–Trinajstić information content (AvgIpc) is 2.66. The zero-order valence-electron chi connectivity index (χ0n) is 15.7. The topological polar surface area (TPSA) is 29.5 Å². The predicted molar refractivity (Wildman–Crippen MR) is 92.9 cm³/mol. The summed E-state index contributed by atoms with van der Waals surface area (Å²) >= 11 is 0. The minimum Gasteiger partial charge on any atom is -0.466 e. The molecule has 11 heteroatoms. The number of alkyl halides is 8. The molecule has 0 atom stereocenters. The lowest BCUT2D eigenvalue weighted by atomic mass is 10.0. The Morgan fingerprint density at radius 3 is 2.17 bits per heavy atom. The molecule has 0 fully saturated rings. The number of methoxy groups -OCH3 is 1. The van der Waals surface area contributed by atoms with Gasteiger partial charge in [0, 0.05) is 18.5 Å². The van der Waals surface area contributed by atoms with Crippen LogP contribution in [0.15, 0.2) is 54.3 Å². The molecule has 0 unspecified atom stereocenters. The monoisotopic (exact) mass is 445 g/mol. The van der Waals surface area contributed by atoms with Gasteiger partial charge in [-0.3, -0.25) is 0 Å². The van der Waals surface area contributed by atoms with Gasteiger partial charge in [-0.1, -0.05) is 36.4 Å². The predicted octanol–water partition coefficient (Wildman–Crippen LogP) is 4.95. The lowest BCUT2D eigenvalue weighted by Crippen LogP contribution is -2.56. The molecule has 1 aromatic carbocycles. The van der Waals surface area contributed by atoms with Crippen LogP contribution in [0.1, 0.15) is 5.56 Å². The molecule has 0 radical (unpaired) electrons. The molecule has 3 nitrogen and oxygen atoms in total. The summed E-state index contributed by atoms with van der Waals surface area (Å²) in [6, 6.07) is 8.51. The summed E-state index contributed by atoms with van der Waals surface area (Å²) in [5, 5.41) is 0. The van der Waals surface area contributed by atoms with Crippen LogP contribution in [0.25, 0.3) is 0 Å². The number of carbonyl (C=O) groups is 1. The fourth-order valence-electron chi connectivity index (χ4n) is 2.30. The molecule has 0 aliphatic carbocycles. The lowest BCUT2D eigenvalue weighted by molar-refractivity contribution is -0.355. The third-order valence-corrected chi connectivity index (χ3v) is 3.87. The number of allylic oxidation sites excluding steroid dienone is 2. The van der Waals surface area contributed by atoms with E-state index in [1.807, 2.05) is 0 Å². The van der Waals surface area contributed by atoms with Crippen molar-refractivity contribution >= 4 is 5.97 Å². The average molecular weight is 445 g/mol. The largest absolute Gasteiger partial charge is 0.466 e. The number of benzene rings is 1. The summed E-state index contributed by atoms with van der Waals surface area (Å²) < 4.78 is 107. The van der Waals surface area contributed by atoms with Gasteiger partial charge in [0.15, 0.2) is 0 Å². The van der Waals surface area contributed by atoms with E-state index in [-0.39, 0.29) is 16.9 Å². The number of carbonyl (C=O) groups excluding carboxylic acids is 1. The maximum absolute atomic E-state index is 13.6. The van der Waals surface area contributed by atoms with Crippen LogP contribution in [0.3, 0.4) is 0 Å². The second-order valence-electron chi connectivity index (χ2n) is 6.12. The second-order valence-corrected chi connectivity index (χ2v) is 6.12. The molecule has 0 aliphatic rings. The van der Waals surface area contributed by atoms with Crippen molar-refractivity contribution in [3.8, 4) is 0 Å². The van der Waals surface area contributed by atoms with Gasteiger partial charge in [-0.15, -0.1) is 0 Å². The highest BCUT2D eigenvalue weighted by molar-refractivity contribution is 5.89. The molecule has 0 N–H and O–H groups in total. The highest BCUT2D eigenvalue weighted by atomic mass is 19.4. The maximum atomic E-state index is 13.6. The third kappa shape index (κ3) is 6.74. The summed E-state index contributed by atoms with van der Waals surface area (Å²) in [7, 11) is 1.10. The highest BCUT2D eigenvalue weighted by Gasteiger charge is 2.73. The molecule has 30 heavy (non-hydrogen) atoms.